The molecular formula is C22H28F2IN3O3. The second kappa shape index (κ2) is 12.5. The normalized spacial score (nSPS) is 12.6. The number of fused-ring (bicyclic) bond motifs is 1. The second-order valence-electron chi connectivity index (χ2n) is 6.83. The molecule has 1 aliphatic rings. The summed E-state index contributed by atoms with van der Waals surface area (Å²) in [5.41, 5.74) is 3.38. The van der Waals surface area contributed by atoms with Gasteiger partial charge in [-0.2, -0.15) is 8.78 Å². The van der Waals surface area contributed by atoms with Crippen LogP contribution in [0, 0.1) is 0 Å². The van der Waals surface area contributed by atoms with Crippen molar-refractivity contribution in [3.8, 4) is 17.2 Å². The van der Waals surface area contributed by atoms with Crippen LogP contribution in [0.3, 0.4) is 0 Å². The number of methoxy groups -OCH3 is 1. The summed E-state index contributed by atoms with van der Waals surface area (Å²) in [4.78, 5) is 4.22. The average Bonchev–Trinajstić information content (AvgIpc) is 3.20. The Morgan fingerprint density at radius 1 is 1.06 bits per heavy atom. The molecule has 0 spiro atoms. The number of benzene rings is 2. The highest BCUT2D eigenvalue weighted by molar-refractivity contribution is 14.0. The van der Waals surface area contributed by atoms with Crippen molar-refractivity contribution < 1.29 is 23.0 Å². The zero-order valence-corrected chi connectivity index (χ0v) is 20.0. The third-order valence-electron chi connectivity index (χ3n) is 4.83. The number of hydrogen-bond acceptors (Lipinski definition) is 4. The Morgan fingerprint density at radius 3 is 2.39 bits per heavy atom. The average molecular weight is 547 g/mol. The summed E-state index contributed by atoms with van der Waals surface area (Å²) in [5, 5.41) is 6.52. The number of halogens is 3. The fraction of sp³-hybridized carbons (Fsp3) is 0.409. The number of ether oxygens (including phenoxy) is 3. The fourth-order valence-corrected chi connectivity index (χ4v) is 3.33. The number of alkyl halides is 2. The van der Waals surface area contributed by atoms with E-state index < -0.39 is 6.61 Å². The molecule has 1 heterocycles. The highest BCUT2D eigenvalue weighted by atomic mass is 127. The van der Waals surface area contributed by atoms with Crippen molar-refractivity contribution in [1.29, 1.82) is 0 Å². The van der Waals surface area contributed by atoms with E-state index in [2.05, 4.69) is 32.5 Å². The van der Waals surface area contributed by atoms with Gasteiger partial charge in [0.05, 0.1) is 13.7 Å². The van der Waals surface area contributed by atoms with Gasteiger partial charge >= 0.3 is 6.61 Å². The molecule has 0 bridgehead atoms. The Bertz CT molecular complexity index is 881. The number of nitrogens with zero attached hydrogens (tertiary/aromatic N) is 1. The lowest BCUT2D eigenvalue weighted by atomic mass is 10.1. The van der Waals surface area contributed by atoms with Gasteiger partial charge in [0.1, 0.15) is 5.75 Å². The summed E-state index contributed by atoms with van der Waals surface area (Å²) in [5.74, 6) is 2.00. The number of aliphatic imine (C=N–C) groups is 1. The van der Waals surface area contributed by atoms with E-state index in [1.54, 1.807) is 19.2 Å². The molecule has 0 saturated heterocycles. The standard InChI is InChI=1S/C22H27F2N3O3.HI/c1-25-22(26-10-7-15-3-5-18-17(13-15)9-12-29-18)27-11-8-16-4-6-19(28-2)20(14-16)30-21(23)24;/h3-6,13-14,21H,7-12H2,1-2H3,(H2,25,26,27);1H. The maximum Gasteiger partial charge on any atom is 0.387 e. The second-order valence-corrected chi connectivity index (χ2v) is 6.83. The molecule has 0 saturated carbocycles. The first-order valence-corrected chi connectivity index (χ1v) is 9.90. The molecule has 31 heavy (non-hydrogen) atoms. The number of rotatable bonds is 9. The van der Waals surface area contributed by atoms with Gasteiger partial charge in [-0.1, -0.05) is 18.2 Å². The van der Waals surface area contributed by atoms with Crippen molar-refractivity contribution in [3.63, 3.8) is 0 Å². The van der Waals surface area contributed by atoms with Gasteiger partial charge in [0, 0.05) is 26.6 Å². The molecule has 3 rings (SSSR count). The molecule has 9 heteroatoms. The van der Waals surface area contributed by atoms with E-state index in [-0.39, 0.29) is 35.5 Å². The van der Waals surface area contributed by atoms with Crippen molar-refractivity contribution in [3.05, 3.63) is 53.1 Å². The smallest absolute Gasteiger partial charge is 0.387 e. The highest BCUT2D eigenvalue weighted by Crippen LogP contribution is 2.29. The van der Waals surface area contributed by atoms with E-state index in [1.807, 2.05) is 12.1 Å². The zero-order chi connectivity index (χ0) is 21.3. The van der Waals surface area contributed by atoms with Gasteiger partial charge in [0.2, 0.25) is 0 Å². The van der Waals surface area contributed by atoms with Crippen LogP contribution in [0.4, 0.5) is 8.78 Å². The fourth-order valence-electron chi connectivity index (χ4n) is 3.33. The van der Waals surface area contributed by atoms with Crippen LogP contribution in [0.15, 0.2) is 41.4 Å². The minimum Gasteiger partial charge on any atom is -0.493 e. The summed E-state index contributed by atoms with van der Waals surface area (Å²) < 4.78 is 40.2. The van der Waals surface area contributed by atoms with Crippen molar-refractivity contribution >= 4 is 29.9 Å². The van der Waals surface area contributed by atoms with Crippen molar-refractivity contribution in [1.82, 2.24) is 10.6 Å². The van der Waals surface area contributed by atoms with Crippen LogP contribution in [-0.4, -0.2) is 46.4 Å². The van der Waals surface area contributed by atoms with Gasteiger partial charge in [-0.25, -0.2) is 0 Å². The summed E-state index contributed by atoms with van der Waals surface area (Å²) >= 11 is 0. The van der Waals surface area contributed by atoms with Gasteiger partial charge < -0.3 is 24.8 Å². The monoisotopic (exact) mass is 547 g/mol. The molecule has 6 nitrogen and oxygen atoms in total. The molecule has 1 aliphatic heterocycles. The third-order valence-corrected chi connectivity index (χ3v) is 4.83. The topological polar surface area (TPSA) is 64.1 Å². The molecule has 2 aromatic carbocycles. The maximum atomic E-state index is 12.6. The van der Waals surface area contributed by atoms with Crippen LogP contribution in [0.25, 0.3) is 0 Å². The SMILES string of the molecule is CN=C(NCCc1ccc2c(c1)CCO2)NCCc1ccc(OC)c(OC(F)F)c1.I. The molecule has 2 N–H and O–H groups in total. The Morgan fingerprint density at radius 2 is 1.74 bits per heavy atom. The van der Waals surface area contributed by atoms with E-state index in [0.717, 1.165) is 37.3 Å². The van der Waals surface area contributed by atoms with Crippen LogP contribution in [0.5, 0.6) is 17.2 Å². The lowest BCUT2D eigenvalue weighted by Crippen LogP contribution is -2.39. The minimum absolute atomic E-state index is 0. The van der Waals surface area contributed by atoms with Crippen LogP contribution in [0.1, 0.15) is 16.7 Å². The first-order chi connectivity index (χ1) is 14.6. The molecule has 0 aliphatic carbocycles. The van der Waals surface area contributed by atoms with Crippen molar-refractivity contribution in [2.24, 2.45) is 4.99 Å². The van der Waals surface area contributed by atoms with E-state index in [9.17, 15) is 8.78 Å². The molecule has 0 atom stereocenters. The Kier molecular flexibility index (Phi) is 10.1. The predicted octanol–water partition coefficient (Wildman–Crippen LogP) is 3.80. The Balaban J connectivity index is 0.00000341. The minimum atomic E-state index is -2.89. The number of nitrogens with one attached hydrogen (secondary N) is 2. The van der Waals surface area contributed by atoms with Gasteiger partial charge in [-0.15, -0.1) is 24.0 Å². The van der Waals surface area contributed by atoms with Gasteiger partial charge in [0.25, 0.3) is 0 Å². The molecule has 0 unspecified atom stereocenters. The largest absolute Gasteiger partial charge is 0.493 e. The van der Waals surface area contributed by atoms with Crippen LogP contribution in [-0.2, 0) is 19.3 Å². The quantitative estimate of drug-likeness (QED) is 0.284. The molecule has 0 aromatic heterocycles. The Hall–Kier alpha value is -2.30. The van der Waals surface area contributed by atoms with E-state index in [4.69, 9.17) is 9.47 Å². The summed E-state index contributed by atoms with van der Waals surface area (Å²) in [7, 11) is 3.13. The summed E-state index contributed by atoms with van der Waals surface area (Å²) in [6.45, 7) is -0.796. The molecule has 0 amide bonds. The zero-order valence-electron chi connectivity index (χ0n) is 17.6. The first-order valence-electron chi connectivity index (χ1n) is 9.90. The third kappa shape index (κ3) is 7.41. The number of hydrogen-bond donors (Lipinski definition) is 2. The molecule has 0 fully saturated rings. The highest BCUT2D eigenvalue weighted by Gasteiger charge is 2.12. The van der Waals surface area contributed by atoms with Crippen molar-refractivity contribution in [2.45, 2.75) is 25.9 Å². The molecule has 0 radical (unpaired) electrons. The van der Waals surface area contributed by atoms with Crippen molar-refractivity contribution in [2.75, 3.05) is 33.9 Å². The molecule has 170 valence electrons. The van der Waals surface area contributed by atoms with E-state index in [1.165, 1.54) is 18.2 Å². The van der Waals surface area contributed by atoms with Gasteiger partial charge in [-0.05, 0) is 47.7 Å². The lowest BCUT2D eigenvalue weighted by Gasteiger charge is -2.14. The lowest BCUT2D eigenvalue weighted by molar-refractivity contribution is -0.0512. The first kappa shape index (κ1) is 25.0. The van der Waals surface area contributed by atoms with Gasteiger partial charge in [-0.3, -0.25) is 4.99 Å². The summed E-state index contributed by atoms with van der Waals surface area (Å²) in [6, 6.07) is 11.3. The van der Waals surface area contributed by atoms with E-state index in [0.29, 0.717) is 18.9 Å². The summed E-state index contributed by atoms with van der Waals surface area (Å²) in [6.07, 6.45) is 2.46. The Labute approximate surface area is 198 Å². The molecular weight excluding hydrogens is 519 g/mol. The maximum absolute atomic E-state index is 12.6. The van der Waals surface area contributed by atoms with Gasteiger partial charge in [0.15, 0.2) is 17.5 Å². The number of guanidine groups is 1. The molecule has 2 aromatic rings. The van der Waals surface area contributed by atoms with Crippen LogP contribution < -0.4 is 24.8 Å². The van der Waals surface area contributed by atoms with Crippen LogP contribution >= 0.6 is 24.0 Å². The predicted molar refractivity (Wildman–Crippen MR) is 127 cm³/mol. The van der Waals surface area contributed by atoms with Crippen LogP contribution in [0.2, 0.25) is 0 Å². The van der Waals surface area contributed by atoms with E-state index >= 15 is 0 Å².